The van der Waals surface area contributed by atoms with E-state index >= 15 is 0 Å². The van der Waals surface area contributed by atoms with Crippen molar-refractivity contribution < 1.29 is 28.6 Å². The molecule has 0 bridgehead atoms. The van der Waals surface area contributed by atoms with Crippen LogP contribution >= 0.6 is 11.8 Å². The Morgan fingerprint density at radius 1 is 1.05 bits per heavy atom. The second kappa shape index (κ2) is 11.3. The Balaban J connectivity index is 1.29. The molecule has 206 valence electrons. The first kappa shape index (κ1) is 26.4. The maximum absolute atomic E-state index is 13.7. The number of fused-ring (bicyclic) bond motifs is 2. The van der Waals surface area contributed by atoms with E-state index in [0.29, 0.717) is 58.2 Å². The van der Waals surface area contributed by atoms with Crippen molar-refractivity contribution in [2.75, 3.05) is 17.9 Å². The van der Waals surface area contributed by atoms with Gasteiger partial charge in [-0.05, 0) is 65.9 Å². The highest BCUT2D eigenvalue weighted by molar-refractivity contribution is 8.00. The molecule has 0 radical (unpaired) electrons. The first-order valence-electron chi connectivity index (χ1n) is 13.0. The zero-order valence-electron chi connectivity index (χ0n) is 21.7. The van der Waals surface area contributed by atoms with Crippen LogP contribution in [-0.4, -0.2) is 36.2 Å². The number of aryl methyl sites for hydroxylation is 1. The molecule has 3 amide bonds. The van der Waals surface area contributed by atoms with Gasteiger partial charge in [0.15, 0.2) is 11.5 Å². The van der Waals surface area contributed by atoms with Crippen LogP contribution in [0.2, 0.25) is 0 Å². The minimum absolute atomic E-state index is 0.0438. The van der Waals surface area contributed by atoms with Gasteiger partial charge in [-0.25, -0.2) is 9.79 Å². The van der Waals surface area contributed by atoms with E-state index in [2.05, 4.69) is 21.7 Å². The quantitative estimate of drug-likeness (QED) is 0.397. The molecule has 3 aromatic rings. The van der Waals surface area contributed by atoms with Gasteiger partial charge in [0.1, 0.15) is 12.5 Å². The van der Waals surface area contributed by atoms with E-state index in [1.54, 1.807) is 30.3 Å². The fraction of sp³-hybridized carbons (Fsp3) is 0.233. The van der Waals surface area contributed by atoms with Gasteiger partial charge in [-0.2, -0.15) is 5.26 Å². The van der Waals surface area contributed by atoms with Crippen LogP contribution in [0.25, 0.3) is 0 Å². The number of amides is 3. The molecular formula is C30H24N4O6S. The molecule has 0 aliphatic carbocycles. The molecule has 0 spiro atoms. The van der Waals surface area contributed by atoms with E-state index in [4.69, 9.17) is 14.2 Å². The van der Waals surface area contributed by atoms with E-state index in [1.165, 1.54) is 11.8 Å². The number of urea groups is 1. The van der Waals surface area contributed by atoms with Gasteiger partial charge < -0.3 is 24.8 Å². The monoisotopic (exact) mass is 568 g/mol. The third kappa shape index (κ3) is 5.73. The molecule has 11 heteroatoms. The molecule has 6 rings (SSSR count). The number of carbonyl (C=O) groups is 3. The van der Waals surface area contributed by atoms with E-state index in [9.17, 15) is 19.6 Å². The number of hydrogen-bond donors (Lipinski definition) is 2. The molecule has 0 fully saturated rings. The molecule has 2 N–H and O–H groups in total. The zero-order valence-corrected chi connectivity index (χ0v) is 22.5. The maximum atomic E-state index is 13.7. The van der Waals surface area contributed by atoms with Crippen LogP contribution < -0.4 is 20.1 Å². The fourth-order valence-corrected chi connectivity index (χ4v) is 5.83. The summed E-state index contributed by atoms with van der Waals surface area (Å²) in [4.78, 5) is 43.6. The number of rotatable bonds is 7. The van der Waals surface area contributed by atoms with Crippen LogP contribution in [0.15, 0.2) is 70.6 Å². The normalized spacial score (nSPS) is 18.9. The van der Waals surface area contributed by atoms with Gasteiger partial charge in [0.2, 0.25) is 12.7 Å². The number of aliphatic imine (C=N–C) groups is 1. The van der Waals surface area contributed by atoms with Crippen LogP contribution in [-0.2, 0) is 27.4 Å². The average molecular weight is 569 g/mol. The predicted molar refractivity (Wildman–Crippen MR) is 150 cm³/mol. The van der Waals surface area contributed by atoms with Crippen LogP contribution in [0.1, 0.15) is 34.7 Å². The number of nitrogens with zero attached hydrogens (tertiary/aromatic N) is 2. The van der Waals surface area contributed by atoms with E-state index < -0.39 is 24.0 Å². The fourth-order valence-electron chi connectivity index (χ4n) is 5.04. The van der Waals surface area contributed by atoms with Crippen LogP contribution in [0, 0.1) is 17.2 Å². The Bertz CT molecular complexity index is 1630. The smallest absolute Gasteiger partial charge is 0.341 e. The molecule has 0 aromatic heterocycles. The van der Waals surface area contributed by atoms with Gasteiger partial charge in [-0.15, -0.1) is 11.8 Å². The second-order valence-corrected chi connectivity index (χ2v) is 10.7. The number of thioether (sulfide) groups is 1. The van der Waals surface area contributed by atoms with Gasteiger partial charge in [0, 0.05) is 10.6 Å². The molecule has 41 heavy (non-hydrogen) atoms. The number of nitrogens with one attached hydrogen (secondary N) is 2. The van der Waals surface area contributed by atoms with Gasteiger partial charge in [0.05, 0.1) is 29.1 Å². The Labute approximate surface area is 239 Å². The first-order valence-corrected chi connectivity index (χ1v) is 13.9. The van der Waals surface area contributed by atoms with Crippen molar-refractivity contribution in [3.8, 4) is 17.6 Å². The lowest BCUT2D eigenvalue weighted by molar-refractivity contribution is -0.148. The summed E-state index contributed by atoms with van der Waals surface area (Å²) < 4.78 is 16.6. The van der Waals surface area contributed by atoms with E-state index in [0.717, 1.165) is 10.5 Å². The summed E-state index contributed by atoms with van der Waals surface area (Å²) in [7, 11) is 0. The summed E-state index contributed by atoms with van der Waals surface area (Å²) in [5.41, 5.74) is 3.73. The molecule has 10 nitrogen and oxygen atoms in total. The molecule has 2 atom stereocenters. The third-order valence-electron chi connectivity index (χ3n) is 7.01. The lowest BCUT2D eigenvalue weighted by Crippen LogP contribution is -2.45. The average Bonchev–Trinajstić information content (AvgIpc) is 3.46. The summed E-state index contributed by atoms with van der Waals surface area (Å²) in [6.45, 7) is 0.121. The van der Waals surface area contributed by atoms with Crippen molar-refractivity contribution in [2.45, 2.75) is 30.4 Å². The topological polar surface area (TPSA) is 139 Å². The summed E-state index contributed by atoms with van der Waals surface area (Å²) in [5.74, 6) is 0.0548. The van der Waals surface area contributed by atoms with E-state index in [1.807, 2.05) is 30.3 Å². The minimum atomic E-state index is -0.911. The summed E-state index contributed by atoms with van der Waals surface area (Å²) in [6, 6.07) is 18.7. The highest BCUT2D eigenvalue weighted by Gasteiger charge is 2.40. The van der Waals surface area contributed by atoms with Crippen molar-refractivity contribution in [2.24, 2.45) is 10.9 Å². The number of benzene rings is 3. The van der Waals surface area contributed by atoms with Gasteiger partial charge in [-0.3, -0.25) is 9.59 Å². The SMILES string of the molecule is N#Cc1cccc(COC(=O)C2C(CCc3ccc4c(c3)OCO4)=NC(=O)N[C@H]2c2ccc3c(c2)NC(=O)CS3)c1. The standard InChI is InChI=1S/C30H24N4O6S/c31-13-18-2-1-3-19(10-18)14-38-29(36)27-21(7-4-17-5-8-23-24(11-17)40-16-39-23)33-30(37)34-28(27)20-6-9-25-22(12-20)32-26(35)15-41-25/h1-3,5-6,8-12,27-28H,4,7,14-16H2,(H,32,35)(H,34,37)/t27?,28-/m0/s1. The molecule has 1 unspecified atom stereocenters. The number of ether oxygens (including phenoxy) is 3. The van der Waals surface area contributed by atoms with Crippen LogP contribution in [0.5, 0.6) is 11.5 Å². The number of anilines is 1. The number of carbonyl (C=O) groups excluding carboxylic acids is 3. The molecule has 3 heterocycles. The van der Waals surface area contributed by atoms with Crippen molar-refractivity contribution in [3.05, 3.63) is 82.9 Å². The van der Waals surface area contributed by atoms with Gasteiger partial charge in [0.25, 0.3) is 0 Å². The minimum Gasteiger partial charge on any atom is -0.460 e. The summed E-state index contributed by atoms with van der Waals surface area (Å²) in [6.07, 6.45) is 0.825. The third-order valence-corrected chi connectivity index (χ3v) is 8.08. The largest absolute Gasteiger partial charge is 0.460 e. The number of hydrogen-bond acceptors (Lipinski definition) is 8. The maximum Gasteiger partial charge on any atom is 0.341 e. The Kier molecular flexibility index (Phi) is 7.31. The second-order valence-electron chi connectivity index (χ2n) is 9.71. The van der Waals surface area contributed by atoms with Crippen molar-refractivity contribution >= 4 is 41.1 Å². The summed E-state index contributed by atoms with van der Waals surface area (Å²) in [5, 5.41) is 14.9. The Hall–Kier alpha value is -4.82. The molecule has 3 aliphatic heterocycles. The first-order chi connectivity index (χ1) is 20.0. The molecule has 3 aromatic carbocycles. The predicted octanol–water partition coefficient (Wildman–Crippen LogP) is 4.53. The highest BCUT2D eigenvalue weighted by Crippen LogP contribution is 2.37. The lowest BCUT2D eigenvalue weighted by Gasteiger charge is -2.32. The molecular weight excluding hydrogens is 544 g/mol. The van der Waals surface area contributed by atoms with Gasteiger partial charge >= 0.3 is 12.0 Å². The molecule has 0 saturated heterocycles. The van der Waals surface area contributed by atoms with Gasteiger partial charge in [-0.1, -0.05) is 24.3 Å². The number of esters is 1. The molecule has 3 aliphatic rings. The zero-order chi connectivity index (χ0) is 28.3. The van der Waals surface area contributed by atoms with Crippen molar-refractivity contribution in [1.29, 1.82) is 5.26 Å². The highest BCUT2D eigenvalue weighted by atomic mass is 32.2. The van der Waals surface area contributed by atoms with Crippen molar-refractivity contribution in [1.82, 2.24) is 5.32 Å². The Morgan fingerprint density at radius 3 is 2.80 bits per heavy atom. The lowest BCUT2D eigenvalue weighted by atomic mass is 9.85. The van der Waals surface area contributed by atoms with Crippen LogP contribution in [0.3, 0.4) is 0 Å². The molecule has 0 saturated carbocycles. The van der Waals surface area contributed by atoms with Crippen LogP contribution in [0.4, 0.5) is 10.5 Å². The Morgan fingerprint density at radius 2 is 1.93 bits per heavy atom. The summed E-state index contributed by atoms with van der Waals surface area (Å²) >= 11 is 1.43. The van der Waals surface area contributed by atoms with Crippen molar-refractivity contribution in [3.63, 3.8) is 0 Å². The number of nitriles is 1. The van der Waals surface area contributed by atoms with E-state index in [-0.39, 0.29) is 19.3 Å².